The van der Waals surface area contributed by atoms with Crippen molar-refractivity contribution in [3.05, 3.63) is 0 Å². The van der Waals surface area contributed by atoms with Gasteiger partial charge in [0, 0.05) is 13.1 Å². The molecular weight excluding hydrogens is 126 g/mol. The van der Waals surface area contributed by atoms with Gasteiger partial charge in [-0.1, -0.05) is 13.8 Å². The first-order chi connectivity index (χ1) is 4.74. The molecule has 0 bridgehead atoms. The Morgan fingerprint density at radius 3 is 2.60 bits per heavy atom. The van der Waals surface area contributed by atoms with Gasteiger partial charge in [0.25, 0.3) is 0 Å². The fraction of sp³-hybridized carbons (Fsp3) is 0.875. The molecule has 1 aliphatic rings. The van der Waals surface area contributed by atoms with Crippen molar-refractivity contribution in [1.82, 2.24) is 4.90 Å². The second kappa shape index (κ2) is 3.04. The predicted molar refractivity (Wildman–Crippen MR) is 40.6 cm³/mol. The Labute approximate surface area is 62.2 Å². The van der Waals surface area contributed by atoms with Crippen molar-refractivity contribution in [1.29, 1.82) is 0 Å². The summed E-state index contributed by atoms with van der Waals surface area (Å²) in [6, 6.07) is 0. The Morgan fingerprint density at radius 1 is 1.40 bits per heavy atom. The summed E-state index contributed by atoms with van der Waals surface area (Å²) in [7, 11) is 0. The molecular formula is C8H15NO. The molecule has 1 aliphatic heterocycles. The minimum Gasteiger partial charge on any atom is -0.345 e. The van der Waals surface area contributed by atoms with E-state index in [9.17, 15) is 4.79 Å². The number of rotatable bonds is 1. The molecule has 1 saturated heterocycles. The summed E-state index contributed by atoms with van der Waals surface area (Å²) >= 11 is 0. The molecule has 0 aromatic carbocycles. The van der Waals surface area contributed by atoms with Gasteiger partial charge in [0.15, 0.2) is 0 Å². The highest BCUT2D eigenvalue weighted by atomic mass is 16.1. The highest BCUT2D eigenvalue weighted by Gasteiger charge is 2.20. The molecule has 0 aliphatic carbocycles. The molecule has 0 N–H and O–H groups in total. The van der Waals surface area contributed by atoms with Crippen LogP contribution in [0.25, 0.3) is 0 Å². The molecule has 0 unspecified atom stereocenters. The third kappa shape index (κ3) is 1.49. The molecule has 1 rings (SSSR count). The zero-order valence-electron chi connectivity index (χ0n) is 6.71. The minimum absolute atomic E-state index is 0.680. The van der Waals surface area contributed by atoms with Crippen LogP contribution in [0.15, 0.2) is 0 Å². The average molecular weight is 141 g/mol. The van der Waals surface area contributed by atoms with Crippen LogP contribution in [0.3, 0.4) is 0 Å². The van der Waals surface area contributed by atoms with Gasteiger partial charge in [-0.15, -0.1) is 0 Å². The van der Waals surface area contributed by atoms with E-state index in [2.05, 4.69) is 13.8 Å². The standard InChI is InChI=1S/C8H15NO/c1-7-3-4-9(6-10)5-8(7)2/h6-8H,3-5H2,1-2H3/t7-,8-/m0/s1. The smallest absolute Gasteiger partial charge is 0.209 e. The maximum atomic E-state index is 10.3. The van der Waals surface area contributed by atoms with Gasteiger partial charge in [-0.05, 0) is 18.3 Å². The molecule has 1 heterocycles. The predicted octanol–water partition coefficient (Wildman–Crippen LogP) is 1.12. The van der Waals surface area contributed by atoms with Crippen molar-refractivity contribution in [3.8, 4) is 0 Å². The van der Waals surface area contributed by atoms with Gasteiger partial charge < -0.3 is 4.90 Å². The summed E-state index contributed by atoms with van der Waals surface area (Å²) in [4.78, 5) is 12.2. The van der Waals surface area contributed by atoms with Crippen LogP contribution < -0.4 is 0 Å². The van der Waals surface area contributed by atoms with Crippen molar-refractivity contribution in [2.24, 2.45) is 11.8 Å². The molecule has 0 saturated carbocycles. The van der Waals surface area contributed by atoms with E-state index in [4.69, 9.17) is 0 Å². The maximum Gasteiger partial charge on any atom is 0.209 e. The van der Waals surface area contributed by atoms with Gasteiger partial charge in [0.1, 0.15) is 0 Å². The monoisotopic (exact) mass is 141 g/mol. The third-order valence-corrected chi connectivity index (χ3v) is 2.51. The Hall–Kier alpha value is -0.530. The Kier molecular flexibility index (Phi) is 2.30. The van der Waals surface area contributed by atoms with Gasteiger partial charge in [0.05, 0.1) is 0 Å². The summed E-state index contributed by atoms with van der Waals surface area (Å²) in [5, 5.41) is 0. The molecule has 2 atom stereocenters. The molecule has 0 radical (unpaired) electrons. The van der Waals surface area contributed by atoms with Gasteiger partial charge in [-0.3, -0.25) is 4.79 Å². The first-order valence-electron chi connectivity index (χ1n) is 3.93. The van der Waals surface area contributed by atoms with Crippen LogP contribution in [0, 0.1) is 11.8 Å². The van der Waals surface area contributed by atoms with Crippen LogP contribution in [-0.4, -0.2) is 24.4 Å². The van der Waals surface area contributed by atoms with E-state index in [0.29, 0.717) is 5.92 Å². The number of hydrogen-bond acceptors (Lipinski definition) is 1. The lowest BCUT2D eigenvalue weighted by Crippen LogP contribution is -2.37. The Balaban J connectivity index is 2.40. The highest BCUT2D eigenvalue weighted by Crippen LogP contribution is 2.20. The van der Waals surface area contributed by atoms with Gasteiger partial charge in [-0.25, -0.2) is 0 Å². The van der Waals surface area contributed by atoms with Gasteiger partial charge >= 0.3 is 0 Å². The minimum atomic E-state index is 0.680. The van der Waals surface area contributed by atoms with Crippen molar-refractivity contribution < 1.29 is 4.79 Å². The number of piperidine rings is 1. The van der Waals surface area contributed by atoms with Crippen LogP contribution in [0.4, 0.5) is 0 Å². The first-order valence-corrected chi connectivity index (χ1v) is 3.93. The molecule has 0 aromatic heterocycles. The summed E-state index contributed by atoms with van der Waals surface area (Å²) in [6.45, 7) is 6.37. The van der Waals surface area contributed by atoms with Crippen molar-refractivity contribution >= 4 is 6.41 Å². The van der Waals surface area contributed by atoms with E-state index in [1.54, 1.807) is 0 Å². The molecule has 1 amide bonds. The van der Waals surface area contributed by atoms with Crippen LogP contribution in [0.2, 0.25) is 0 Å². The third-order valence-electron chi connectivity index (χ3n) is 2.51. The SMILES string of the molecule is C[C@H]1CCN(C=O)C[C@@H]1C. The molecule has 2 heteroatoms. The van der Waals surface area contributed by atoms with E-state index in [-0.39, 0.29) is 0 Å². The van der Waals surface area contributed by atoms with Crippen LogP contribution >= 0.6 is 0 Å². The number of hydrogen-bond donors (Lipinski definition) is 0. The van der Waals surface area contributed by atoms with Crippen molar-refractivity contribution in [3.63, 3.8) is 0 Å². The lowest BCUT2D eigenvalue weighted by molar-refractivity contribution is -0.120. The van der Waals surface area contributed by atoms with E-state index < -0.39 is 0 Å². The number of carbonyl (C=O) groups excluding carboxylic acids is 1. The number of amides is 1. The summed E-state index contributed by atoms with van der Waals surface area (Å²) < 4.78 is 0. The number of carbonyl (C=O) groups is 1. The van der Waals surface area contributed by atoms with Crippen LogP contribution in [0.5, 0.6) is 0 Å². The van der Waals surface area contributed by atoms with E-state index in [0.717, 1.165) is 25.4 Å². The quantitative estimate of drug-likeness (QED) is 0.501. The summed E-state index contributed by atoms with van der Waals surface area (Å²) in [5.74, 6) is 1.47. The topological polar surface area (TPSA) is 20.3 Å². The van der Waals surface area contributed by atoms with E-state index in [1.165, 1.54) is 6.42 Å². The zero-order valence-corrected chi connectivity index (χ0v) is 6.71. The molecule has 1 fully saturated rings. The fourth-order valence-electron chi connectivity index (χ4n) is 1.39. The summed E-state index contributed by atoms with van der Waals surface area (Å²) in [5.41, 5.74) is 0. The van der Waals surface area contributed by atoms with Gasteiger partial charge in [-0.2, -0.15) is 0 Å². The first kappa shape index (κ1) is 7.58. The summed E-state index contributed by atoms with van der Waals surface area (Å²) in [6.07, 6.45) is 2.13. The second-order valence-electron chi connectivity index (χ2n) is 3.34. The van der Waals surface area contributed by atoms with Crippen LogP contribution in [0.1, 0.15) is 20.3 Å². The van der Waals surface area contributed by atoms with Crippen LogP contribution in [-0.2, 0) is 4.79 Å². The number of likely N-dealkylation sites (tertiary alicyclic amines) is 1. The zero-order chi connectivity index (χ0) is 7.56. The largest absolute Gasteiger partial charge is 0.345 e. The van der Waals surface area contributed by atoms with E-state index in [1.807, 2.05) is 4.90 Å². The molecule has 58 valence electrons. The molecule has 0 aromatic rings. The van der Waals surface area contributed by atoms with Gasteiger partial charge in [0.2, 0.25) is 6.41 Å². The van der Waals surface area contributed by atoms with Crippen molar-refractivity contribution in [2.75, 3.05) is 13.1 Å². The Morgan fingerprint density at radius 2 is 2.10 bits per heavy atom. The molecule has 0 spiro atoms. The van der Waals surface area contributed by atoms with E-state index >= 15 is 0 Å². The maximum absolute atomic E-state index is 10.3. The van der Waals surface area contributed by atoms with Crippen molar-refractivity contribution in [2.45, 2.75) is 20.3 Å². The lowest BCUT2D eigenvalue weighted by Gasteiger charge is -2.32. The average Bonchev–Trinajstić information content (AvgIpc) is 1.95. The fourth-order valence-corrected chi connectivity index (χ4v) is 1.39. The molecule has 10 heavy (non-hydrogen) atoms. The highest BCUT2D eigenvalue weighted by molar-refractivity contribution is 5.47. The molecule has 2 nitrogen and oxygen atoms in total. The lowest BCUT2D eigenvalue weighted by atomic mass is 9.89. The second-order valence-corrected chi connectivity index (χ2v) is 3.34. The Bertz CT molecular complexity index is 124. The number of nitrogens with zero attached hydrogens (tertiary/aromatic N) is 1. The normalized spacial score (nSPS) is 34.0.